The van der Waals surface area contributed by atoms with Gasteiger partial charge in [-0.15, -0.1) is 0 Å². The van der Waals surface area contributed by atoms with E-state index < -0.39 is 6.04 Å². The van der Waals surface area contributed by atoms with Gasteiger partial charge >= 0.3 is 0 Å². The highest BCUT2D eigenvalue weighted by Gasteiger charge is 2.20. The molecule has 0 spiro atoms. The topological polar surface area (TPSA) is 54.0 Å². The molecular formula is C21H21N3O. The standard InChI is InChI=1S/C21H21N3O/c1-16-10-12-18(13-11-16)24-21(25)20(17-7-3-2-4-8-17)23-15-19-9-5-6-14-22-19/h2-14,20,23H,15H2,1H3,(H,24,25)/t20-/m1/s1. The average molecular weight is 331 g/mol. The molecule has 4 heteroatoms. The van der Waals surface area contributed by atoms with Crippen molar-refractivity contribution in [2.75, 3.05) is 5.32 Å². The molecule has 1 heterocycles. The molecule has 2 N–H and O–H groups in total. The molecule has 3 aromatic rings. The third-order valence-electron chi connectivity index (χ3n) is 3.93. The van der Waals surface area contributed by atoms with Crippen molar-refractivity contribution in [2.45, 2.75) is 19.5 Å². The lowest BCUT2D eigenvalue weighted by atomic mass is 10.1. The van der Waals surface area contributed by atoms with E-state index in [0.717, 1.165) is 22.5 Å². The second-order valence-corrected chi connectivity index (χ2v) is 5.90. The lowest BCUT2D eigenvalue weighted by Crippen LogP contribution is -2.33. The maximum Gasteiger partial charge on any atom is 0.246 e. The number of rotatable bonds is 6. The number of nitrogens with one attached hydrogen (secondary N) is 2. The van der Waals surface area contributed by atoms with Crippen molar-refractivity contribution in [3.05, 3.63) is 95.8 Å². The van der Waals surface area contributed by atoms with E-state index in [2.05, 4.69) is 15.6 Å². The second kappa shape index (κ2) is 8.22. The number of carbonyl (C=O) groups excluding carboxylic acids is 1. The van der Waals surface area contributed by atoms with Gasteiger partial charge in [0.1, 0.15) is 6.04 Å². The smallest absolute Gasteiger partial charge is 0.246 e. The molecule has 1 aromatic heterocycles. The van der Waals surface area contributed by atoms with Crippen LogP contribution in [0.5, 0.6) is 0 Å². The van der Waals surface area contributed by atoms with Crippen LogP contribution in [0.3, 0.4) is 0 Å². The van der Waals surface area contributed by atoms with Crippen LogP contribution in [0.25, 0.3) is 0 Å². The normalized spacial score (nSPS) is 11.7. The van der Waals surface area contributed by atoms with Gasteiger partial charge < -0.3 is 5.32 Å². The highest BCUT2D eigenvalue weighted by atomic mass is 16.2. The summed E-state index contributed by atoms with van der Waals surface area (Å²) in [6, 6.07) is 22.8. The molecule has 3 rings (SSSR count). The SMILES string of the molecule is Cc1ccc(NC(=O)[C@H](NCc2ccccn2)c2ccccc2)cc1. The van der Waals surface area contributed by atoms with E-state index in [1.54, 1.807) is 6.20 Å². The number of anilines is 1. The first-order valence-electron chi connectivity index (χ1n) is 8.28. The largest absolute Gasteiger partial charge is 0.324 e. The van der Waals surface area contributed by atoms with Gasteiger partial charge in [-0.2, -0.15) is 0 Å². The number of pyridine rings is 1. The molecule has 2 aromatic carbocycles. The van der Waals surface area contributed by atoms with Gasteiger partial charge in [-0.1, -0.05) is 54.1 Å². The van der Waals surface area contributed by atoms with E-state index in [4.69, 9.17) is 0 Å². The van der Waals surface area contributed by atoms with Crippen molar-refractivity contribution in [3.8, 4) is 0 Å². The number of benzene rings is 2. The summed E-state index contributed by atoms with van der Waals surface area (Å²) in [5.41, 5.74) is 3.76. The Labute approximate surface area is 147 Å². The van der Waals surface area contributed by atoms with E-state index in [1.165, 1.54) is 0 Å². The number of aromatic nitrogens is 1. The van der Waals surface area contributed by atoms with Gasteiger partial charge in [-0.3, -0.25) is 15.1 Å². The van der Waals surface area contributed by atoms with Crippen molar-refractivity contribution < 1.29 is 4.79 Å². The summed E-state index contributed by atoms with van der Waals surface area (Å²) in [6.07, 6.45) is 1.75. The predicted molar refractivity (Wildman–Crippen MR) is 100 cm³/mol. The van der Waals surface area contributed by atoms with E-state index in [1.807, 2.05) is 79.7 Å². The summed E-state index contributed by atoms with van der Waals surface area (Å²) in [6.45, 7) is 2.54. The van der Waals surface area contributed by atoms with Crippen LogP contribution in [-0.2, 0) is 11.3 Å². The van der Waals surface area contributed by atoms with Gasteiger partial charge in [0.2, 0.25) is 5.91 Å². The third kappa shape index (κ3) is 4.75. The summed E-state index contributed by atoms with van der Waals surface area (Å²) >= 11 is 0. The number of amides is 1. The van der Waals surface area contributed by atoms with Gasteiger partial charge in [0, 0.05) is 18.4 Å². The fraction of sp³-hybridized carbons (Fsp3) is 0.143. The fourth-order valence-electron chi connectivity index (χ4n) is 2.57. The zero-order valence-corrected chi connectivity index (χ0v) is 14.1. The minimum atomic E-state index is -0.454. The van der Waals surface area contributed by atoms with Crippen LogP contribution in [0, 0.1) is 6.92 Å². The Hall–Kier alpha value is -2.98. The van der Waals surface area contributed by atoms with Crippen LogP contribution in [0.1, 0.15) is 22.9 Å². The Bertz CT molecular complexity index is 802. The summed E-state index contributed by atoms with van der Waals surface area (Å²) in [5.74, 6) is -0.0917. The molecular weight excluding hydrogens is 310 g/mol. The predicted octanol–water partition coefficient (Wildman–Crippen LogP) is 3.86. The molecule has 0 fully saturated rings. The molecule has 0 saturated carbocycles. The lowest BCUT2D eigenvalue weighted by Gasteiger charge is -2.19. The Morgan fingerprint density at radius 1 is 0.960 bits per heavy atom. The first kappa shape index (κ1) is 16.9. The number of hydrogen-bond donors (Lipinski definition) is 2. The van der Waals surface area contributed by atoms with E-state index >= 15 is 0 Å². The average Bonchev–Trinajstić information content (AvgIpc) is 2.65. The third-order valence-corrected chi connectivity index (χ3v) is 3.93. The summed E-state index contributed by atoms with van der Waals surface area (Å²) in [5, 5.41) is 6.29. The molecule has 4 nitrogen and oxygen atoms in total. The summed E-state index contributed by atoms with van der Waals surface area (Å²) < 4.78 is 0. The van der Waals surface area contributed by atoms with E-state index in [0.29, 0.717) is 6.54 Å². The minimum Gasteiger partial charge on any atom is -0.324 e. The first-order chi connectivity index (χ1) is 12.2. The maximum atomic E-state index is 12.8. The fourth-order valence-corrected chi connectivity index (χ4v) is 2.57. The van der Waals surface area contributed by atoms with Crippen molar-refractivity contribution in [1.82, 2.24) is 10.3 Å². The van der Waals surface area contributed by atoms with Gasteiger partial charge in [-0.05, 0) is 36.8 Å². The Kier molecular flexibility index (Phi) is 5.54. The zero-order chi connectivity index (χ0) is 17.5. The molecule has 126 valence electrons. The molecule has 0 aliphatic heterocycles. The first-order valence-corrected chi connectivity index (χ1v) is 8.28. The number of nitrogens with zero attached hydrogens (tertiary/aromatic N) is 1. The van der Waals surface area contributed by atoms with Crippen molar-refractivity contribution in [1.29, 1.82) is 0 Å². The van der Waals surface area contributed by atoms with Crippen LogP contribution in [0.4, 0.5) is 5.69 Å². The summed E-state index contributed by atoms with van der Waals surface area (Å²) in [4.78, 5) is 17.1. The van der Waals surface area contributed by atoms with Crippen LogP contribution in [0.2, 0.25) is 0 Å². The van der Waals surface area contributed by atoms with Crippen LogP contribution in [-0.4, -0.2) is 10.9 Å². The van der Waals surface area contributed by atoms with Crippen molar-refractivity contribution in [2.24, 2.45) is 0 Å². The molecule has 0 unspecified atom stereocenters. The minimum absolute atomic E-state index is 0.0917. The molecule has 0 radical (unpaired) electrons. The highest BCUT2D eigenvalue weighted by Crippen LogP contribution is 2.17. The molecule has 0 bridgehead atoms. The Morgan fingerprint density at radius 3 is 2.36 bits per heavy atom. The zero-order valence-electron chi connectivity index (χ0n) is 14.1. The van der Waals surface area contributed by atoms with Crippen LogP contribution in [0.15, 0.2) is 79.0 Å². The Balaban J connectivity index is 1.75. The highest BCUT2D eigenvalue weighted by molar-refractivity contribution is 5.95. The second-order valence-electron chi connectivity index (χ2n) is 5.90. The number of aryl methyl sites for hydroxylation is 1. The maximum absolute atomic E-state index is 12.8. The Morgan fingerprint density at radius 2 is 1.68 bits per heavy atom. The molecule has 0 aliphatic carbocycles. The van der Waals surface area contributed by atoms with Gasteiger partial charge in [0.15, 0.2) is 0 Å². The van der Waals surface area contributed by atoms with Crippen molar-refractivity contribution >= 4 is 11.6 Å². The van der Waals surface area contributed by atoms with Gasteiger partial charge in [0.05, 0.1) is 5.69 Å². The number of carbonyl (C=O) groups is 1. The molecule has 25 heavy (non-hydrogen) atoms. The van der Waals surface area contributed by atoms with Crippen LogP contribution < -0.4 is 10.6 Å². The monoisotopic (exact) mass is 331 g/mol. The van der Waals surface area contributed by atoms with E-state index in [9.17, 15) is 4.79 Å². The number of hydrogen-bond acceptors (Lipinski definition) is 3. The van der Waals surface area contributed by atoms with Crippen LogP contribution >= 0.6 is 0 Å². The lowest BCUT2D eigenvalue weighted by molar-refractivity contribution is -0.118. The summed E-state index contributed by atoms with van der Waals surface area (Å²) in [7, 11) is 0. The molecule has 0 saturated heterocycles. The van der Waals surface area contributed by atoms with Crippen molar-refractivity contribution in [3.63, 3.8) is 0 Å². The molecule has 0 aliphatic rings. The van der Waals surface area contributed by atoms with E-state index in [-0.39, 0.29) is 5.91 Å². The molecule has 1 atom stereocenters. The van der Waals surface area contributed by atoms with Gasteiger partial charge in [0.25, 0.3) is 0 Å². The molecule has 1 amide bonds. The quantitative estimate of drug-likeness (QED) is 0.721. The van der Waals surface area contributed by atoms with Gasteiger partial charge in [-0.25, -0.2) is 0 Å².